The second-order valence-electron chi connectivity index (χ2n) is 8.61. The molecule has 0 amide bonds. The molecule has 0 atom stereocenters. The largest absolute Gasteiger partial charge is 0.306 e. The monoisotopic (exact) mass is 547 g/mol. The Morgan fingerprint density at radius 3 is 2.43 bits per heavy atom. The molecule has 4 aromatic heterocycles. The standard InChI is InChI=1S/C27H19Cl2N5O2S/c1-16-24-20(13-23(35)32(16)15-18-9-5-12-22(29)30-18)33(14-17-7-3-2-4-8-17)34(26(24)36)27-31-25-19(28)10-6-11-21(25)37-27/h2-13H,14-15H2,1H3. The van der Waals surface area contributed by atoms with E-state index in [1.807, 2.05) is 47.1 Å². The van der Waals surface area contributed by atoms with E-state index < -0.39 is 0 Å². The van der Waals surface area contributed by atoms with Crippen LogP contribution in [0.4, 0.5) is 0 Å². The molecule has 0 N–H and O–H groups in total. The van der Waals surface area contributed by atoms with Crippen molar-refractivity contribution in [1.82, 2.24) is 23.9 Å². The van der Waals surface area contributed by atoms with Crippen molar-refractivity contribution >= 4 is 55.7 Å². The third-order valence-corrected chi connectivity index (χ3v) is 7.79. The number of para-hydroxylation sites is 1. The summed E-state index contributed by atoms with van der Waals surface area (Å²) in [5.41, 5.74) is 2.84. The van der Waals surface area contributed by atoms with Crippen molar-refractivity contribution in [2.45, 2.75) is 20.0 Å². The molecule has 0 aliphatic heterocycles. The highest BCUT2D eigenvalue weighted by Gasteiger charge is 2.22. The van der Waals surface area contributed by atoms with Gasteiger partial charge in [0.05, 0.1) is 39.4 Å². The van der Waals surface area contributed by atoms with Gasteiger partial charge >= 0.3 is 0 Å². The van der Waals surface area contributed by atoms with E-state index in [1.54, 1.807) is 40.4 Å². The molecule has 0 radical (unpaired) electrons. The number of rotatable bonds is 5. The molecule has 2 aromatic carbocycles. The van der Waals surface area contributed by atoms with E-state index in [1.165, 1.54) is 17.4 Å². The molecule has 10 heteroatoms. The number of fused-ring (bicyclic) bond motifs is 2. The van der Waals surface area contributed by atoms with Crippen molar-refractivity contribution in [2.24, 2.45) is 0 Å². The smallest absolute Gasteiger partial charge is 0.283 e. The Balaban J connectivity index is 1.62. The molecule has 4 heterocycles. The van der Waals surface area contributed by atoms with E-state index in [4.69, 9.17) is 28.2 Å². The lowest BCUT2D eigenvalue weighted by molar-refractivity contribution is 0.610. The fourth-order valence-corrected chi connectivity index (χ4v) is 5.99. The predicted molar refractivity (Wildman–Crippen MR) is 149 cm³/mol. The minimum absolute atomic E-state index is 0.196. The first-order valence-corrected chi connectivity index (χ1v) is 13.0. The van der Waals surface area contributed by atoms with Gasteiger partial charge in [-0.1, -0.05) is 77.0 Å². The van der Waals surface area contributed by atoms with Crippen LogP contribution in [0.3, 0.4) is 0 Å². The first-order chi connectivity index (χ1) is 17.9. The normalized spacial score (nSPS) is 11.5. The van der Waals surface area contributed by atoms with Crippen molar-refractivity contribution in [3.8, 4) is 5.13 Å². The van der Waals surface area contributed by atoms with Gasteiger partial charge < -0.3 is 4.57 Å². The number of aromatic nitrogens is 5. The summed E-state index contributed by atoms with van der Waals surface area (Å²) in [6.45, 7) is 2.35. The third kappa shape index (κ3) is 4.17. The number of hydrogen-bond acceptors (Lipinski definition) is 5. The van der Waals surface area contributed by atoms with Gasteiger partial charge in [0.2, 0.25) is 5.13 Å². The topological polar surface area (TPSA) is 74.7 Å². The molecule has 6 rings (SSSR count). The van der Waals surface area contributed by atoms with E-state index in [0.717, 1.165) is 10.3 Å². The molecule has 0 unspecified atom stereocenters. The zero-order chi connectivity index (χ0) is 25.7. The van der Waals surface area contributed by atoms with Crippen LogP contribution in [0.25, 0.3) is 26.3 Å². The molecular weight excluding hydrogens is 529 g/mol. The number of thiazole rings is 1. The molecular formula is C27H19Cl2N5O2S. The van der Waals surface area contributed by atoms with Crippen LogP contribution in [0.15, 0.2) is 82.4 Å². The number of halogens is 2. The molecule has 0 fully saturated rings. The molecule has 0 saturated carbocycles. The van der Waals surface area contributed by atoms with Crippen LogP contribution < -0.4 is 11.1 Å². The van der Waals surface area contributed by atoms with Crippen molar-refractivity contribution < 1.29 is 0 Å². The highest BCUT2D eigenvalue weighted by atomic mass is 35.5. The van der Waals surface area contributed by atoms with Crippen LogP contribution in [0.1, 0.15) is 17.0 Å². The molecule has 0 aliphatic rings. The maximum Gasteiger partial charge on any atom is 0.283 e. The van der Waals surface area contributed by atoms with Gasteiger partial charge in [-0.3, -0.25) is 14.3 Å². The Morgan fingerprint density at radius 2 is 1.68 bits per heavy atom. The summed E-state index contributed by atoms with van der Waals surface area (Å²) in [6.07, 6.45) is 0. The van der Waals surface area contributed by atoms with Gasteiger partial charge in [0, 0.05) is 11.8 Å². The number of pyridine rings is 2. The molecule has 0 spiro atoms. The number of nitrogens with zero attached hydrogens (tertiary/aromatic N) is 5. The number of aryl methyl sites for hydroxylation is 1. The first-order valence-electron chi connectivity index (χ1n) is 11.5. The van der Waals surface area contributed by atoms with E-state index in [-0.39, 0.29) is 17.7 Å². The lowest BCUT2D eigenvalue weighted by Gasteiger charge is -2.12. The SMILES string of the molecule is Cc1c2c(=O)n(-c3nc4c(Cl)cccc4s3)n(Cc3ccccc3)c2cc(=O)n1Cc1cccc(Cl)n1. The highest BCUT2D eigenvalue weighted by Crippen LogP contribution is 2.30. The molecule has 0 saturated heterocycles. The quantitative estimate of drug-likeness (QED) is 0.260. The van der Waals surface area contributed by atoms with Gasteiger partial charge in [-0.15, -0.1) is 0 Å². The Kier molecular flexibility index (Phi) is 5.95. The zero-order valence-electron chi connectivity index (χ0n) is 19.6. The Labute approximate surface area is 224 Å². The predicted octanol–water partition coefficient (Wildman–Crippen LogP) is 5.67. The van der Waals surface area contributed by atoms with Gasteiger partial charge in [-0.25, -0.2) is 9.97 Å². The minimum atomic E-state index is -0.258. The van der Waals surface area contributed by atoms with Crippen LogP contribution in [0.5, 0.6) is 0 Å². The summed E-state index contributed by atoms with van der Waals surface area (Å²) in [5, 5.41) is 1.79. The third-order valence-electron chi connectivity index (χ3n) is 6.28. The summed E-state index contributed by atoms with van der Waals surface area (Å²) in [5.74, 6) is 0. The van der Waals surface area contributed by atoms with Crippen LogP contribution >= 0.6 is 34.5 Å². The molecule has 0 bridgehead atoms. The van der Waals surface area contributed by atoms with Crippen molar-refractivity contribution in [3.05, 3.63) is 121 Å². The van der Waals surface area contributed by atoms with Gasteiger partial charge in [0.25, 0.3) is 11.1 Å². The van der Waals surface area contributed by atoms with Crippen LogP contribution in [-0.4, -0.2) is 23.9 Å². The maximum atomic E-state index is 14.0. The maximum absolute atomic E-state index is 14.0. The van der Waals surface area contributed by atoms with E-state index >= 15 is 0 Å². The molecule has 6 aromatic rings. The summed E-state index contributed by atoms with van der Waals surface area (Å²) >= 11 is 13.8. The van der Waals surface area contributed by atoms with Crippen LogP contribution in [0.2, 0.25) is 10.2 Å². The average Bonchev–Trinajstić information content (AvgIpc) is 3.42. The number of hydrogen-bond donors (Lipinski definition) is 0. The number of benzene rings is 2. The van der Waals surface area contributed by atoms with Crippen LogP contribution in [0, 0.1) is 6.92 Å². The van der Waals surface area contributed by atoms with Gasteiger partial charge in [-0.2, -0.15) is 4.68 Å². The Morgan fingerprint density at radius 1 is 0.892 bits per heavy atom. The molecule has 7 nitrogen and oxygen atoms in total. The minimum Gasteiger partial charge on any atom is -0.306 e. The Bertz CT molecular complexity index is 1920. The average molecular weight is 548 g/mol. The van der Waals surface area contributed by atoms with E-state index in [9.17, 15) is 9.59 Å². The van der Waals surface area contributed by atoms with E-state index in [0.29, 0.717) is 49.7 Å². The van der Waals surface area contributed by atoms with Gasteiger partial charge in [0.1, 0.15) is 10.7 Å². The zero-order valence-corrected chi connectivity index (χ0v) is 21.9. The Hall–Kier alpha value is -3.72. The van der Waals surface area contributed by atoms with Gasteiger partial charge in [-0.05, 0) is 36.8 Å². The van der Waals surface area contributed by atoms with Gasteiger partial charge in [0.15, 0.2) is 0 Å². The summed E-state index contributed by atoms with van der Waals surface area (Å²) in [6, 6.07) is 22.1. The molecule has 184 valence electrons. The second-order valence-corrected chi connectivity index (χ2v) is 10.4. The van der Waals surface area contributed by atoms with Crippen molar-refractivity contribution in [3.63, 3.8) is 0 Å². The van der Waals surface area contributed by atoms with Crippen molar-refractivity contribution in [2.75, 3.05) is 0 Å². The van der Waals surface area contributed by atoms with Crippen molar-refractivity contribution in [1.29, 1.82) is 0 Å². The summed E-state index contributed by atoms with van der Waals surface area (Å²) in [4.78, 5) is 36.4. The lowest BCUT2D eigenvalue weighted by atomic mass is 10.2. The fraction of sp³-hybridized carbons (Fsp3) is 0.111. The summed E-state index contributed by atoms with van der Waals surface area (Å²) < 4.78 is 5.78. The molecule has 37 heavy (non-hydrogen) atoms. The van der Waals surface area contributed by atoms with Crippen LogP contribution in [-0.2, 0) is 13.1 Å². The second kappa shape index (κ2) is 9.30. The summed E-state index contributed by atoms with van der Waals surface area (Å²) in [7, 11) is 0. The first kappa shape index (κ1) is 23.7. The highest BCUT2D eigenvalue weighted by molar-refractivity contribution is 7.20. The molecule has 0 aliphatic carbocycles. The van der Waals surface area contributed by atoms with E-state index in [2.05, 4.69) is 4.98 Å². The fourth-order valence-electron chi connectivity index (χ4n) is 4.54. The lowest BCUT2D eigenvalue weighted by Crippen LogP contribution is -2.24.